The Hall–Kier alpha value is -3.66. The van der Waals surface area contributed by atoms with E-state index in [0.717, 1.165) is 22.2 Å². The summed E-state index contributed by atoms with van der Waals surface area (Å²) in [4.78, 5) is 4.88. The Morgan fingerprint density at radius 2 is 1.57 bits per heavy atom. The molecule has 0 aliphatic heterocycles. The minimum absolute atomic E-state index is 0.127. The highest BCUT2D eigenvalue weighted by atomic mass is 32.2. The van der Waals surface area contributed by atoms with Gasteiger partial charge in [0.1, 0.15) is 32.9 Å². The molecule has 0 aliphatic rings. The second kappa shape index (κ2) is 11.6. The molecule has 4 rings (SSSR count). The number of rotatable bonds is 10. The van der Waals surface area contributed by atoms with E-state index in [9.17, 15) is 9.32 Å². The van der Waals surface area contributed by atoms with Crippen molar-refractivity contribution in [3.63, 3.8) is 0 Å². The molecule has 8 nitrogen and oxygen atoms in total. The van der Waals surface area contributed by atoms with E-state index < -0.39 is 16.0 Å². The Balaban J connectivity index is 1.62. The van der Waals surface area contributed by atoms with Gasteiger partial charge in [0.15, 0.2) is 0 Å². The minimum Gasteiger partial charge on any atom is -0.497 e. The van der Waals surface area contributed by atoms with Crippen LogP contribution < -0.4 is 18.9 Å². The second-order valence-corrected chi connectivity index (χ2v) is 10.6. The molecule has 1 unspecified atom stereocenters. The summed E-state index contributed by atoms with van der Waals surface area (Å²) < 4.78 is 38.3. The first-order chi connectivity index (χ1) is 17.8. The number of hydrogen-bond donors (Lipinski definition) is 2. The number of pyridine rings is 1. The SMILES string of the molecule is COc1ccc([C@@H](C)N=S(=O)(NC[C@@H](C)O)c2ccc(Oc3ccnc4cc(OC)ccc34)cc2)cc1. The molecule has 4 aromatic rings. The number of hydrogen-bond acceptors (Lipinski definition) is 7. The molecule has 3 aromatic carbocycles. The van der Waals surface area contributed by atoms with Crippen molar-refractivity contribution in [3.05, 3.63) is 84.6 Å². The van der Waals surface area contributed by atoms with Crippen LogP contribution in [0.15, 0.2) is 88.3 Å². The monoisotopic (exact) mass is 521 g/mol. The van der Waals surface area contributed by atoms with Crippen LogP contribution in [0, 0.1) is 0 Å². The standard InChI is InChI=1S/C28H31N3O5S/c1-19(32)18-30-37(33,31-20(2)21-5-7-22(34-3)8-6-21)25-12-9-23(10-13-25)36-28-15-16-29-27-17-24(35-4)11-14-26(27)28/h5-17,19-20,32H,18H2,1-4H3,(H,30,31,33)/t19-,20-,37?/m1/s1. The van der Waals surface area contributed by atoms with E-state index >= 15 is 0 Å². The summed E-state index contributed by atoms with van der Waals surface area (Å²) in [5, 5.41) is 10.7. The topological polar surface area (TPSA) is 102 Å². The largest absolute Gasteiger partial charge is 0.497 e. The van der Waals surface area contributed by atoms with Crippen molar-refractivity contribution in [3.8, 4) is 23.0 Å². The van der Waals surface area contributed by atoms with Crippen LogP contribution in [0.25, 0.3) is 10.9 Å². The fourth-order valence-corrected chi connectivity index (χ4v) is 5.62. The summed E-state index contributed by atoms with van der Waals surface area (Å²) >= 11 is 0. The predicted molar refractivity (Wildman–Crippen MR) is 145 cm³/mol. The number of benzene rings is 3. The van der Waals surface area contributed by atoms with Crippen LogP contribution >= 0.6 is 0 Å². The zero-order valence-corrected chi connectivity index (χ0v) is 22.1. The first kappa shape index (κ1) is 26.4. The number of methoxy groups -OCH3 is 2. The van der Waals surface area contributed by atoms with E-state index in [0.29, 0.717) is 22.1 Å². The van der Waals surface area contributed by atoms with Crippen LogP contribution in [0.5, 0.6) is 23.0 Å². The van der Waals surface area contributed by atoms with Gasteiger partial charge in [0.2, 0.25) is 0 Å². The molecule has 37 heavy (non-hydrogen) atoms. The van der Waals surface area contributed by atoms with Crippen LogP contribution in [-0.2, 0) is 9.92 Å². The van der Waals surface area contributed by atoms with E-state index in [4.69, 9.17) is 14.2 Å². The molecule has 0 amide bonds. The quantitative estimate of drug-likeness (QED) is 0.285. The third-order valence-electron chi connectivity index (χ3n) is 5.76. The average Bonchev–Trinajstić information content (AvgIpc) is 2.92. The molecule has 0 fully saturated rings. The van der Waals surface area contributed by atoms with Gasteiger partial charge in [0, 0.05) is 24.2 Å². The zero-order valence-electron chi connectivity index (χ0n) is 21.3. The highest BCUT2D eigenvalue weighted by molar-refractivity contribution is 7.91. The van der Waals surface area contributed by atoms with Gasteiger partial charge < -0.3 is 19.3 Å². The lowest BCUT2D eigenvalue weighted by Crippen LogP contribution is -2.31. The van der Waals surface area contributed by atoms with Crippen LogP contribution in [-0.4, -0.2) is 41.2 Å². The summed E-state index contributed by atoms with van der Waals surface area (Å²) in [5.74, 6) is 2.67. The highest BCUT2D eigenvalue weighted by Crippen LogP contribution is 2.32. The van der Waals surface area contributed by atoms with Gasteiger partial charge in [-0.2, -0.15) is 0 Å². The summed E-state index contributed by atoms with van der Waals surface area (Å²) in [5.41, 5.74) is 1.65. The number of aliphatic hydroxyl groups excluding tert-OH is 1. The Bertz CT molecular complexity index is 1460. The van der Waals surface area contributed by atoms with Crippen molar-refractivity contribution in [2.75, 3.05) is 20.8 Å². The number of aromatic nitrogens is 1. The third kappa shape index (κ3) is 6.37. The average molecular weight is 522 g/mol. The molecule has 1 heterocycles. The van der Waals surface area contributed by atoms with E-state index in [-0.39, 0.29) is 12.6 Å². The molecule has 1 aromatic heterocycles. The van der Waals surface area contributed by atoms with Crippen molar-refractivity contribution in [1.82, 2.24) is 9.71 Å². The molecule has 9 heteroatoms. The maximum Gasteiger partial charge on any atom is 0.138 e. The lowest BCUT2D eigenvalue weighted by molar-refractivity contribution is 0.199. The van der Waals surface area contributed by atoms with E-state index in [1.54, 1.807) is 57.7 Å². The maximum absolute atomic E-state index is 14.0. The van der Waals surface area contributed by atoms with Gasteiger partial charge >= 0.3 is 0 Å². The van der Waals surface area contributed by atoms with Crippen LogP contribution in [0.1, 0.15) is 25.5 Å². The van der Waals surface area contributed by atoms with Crippen molar-refractivity contribution in [2.24, 2.45) is 4.36 Å². The smallest absolute Gasteiger partial charge is 0.138 e. The normalized spacial score (nSPS) is 14.4. The molecular weight excluding hydrogens is 490 g/mol. The molecule has 2 N–H and O–H groups in total. The second-order valence-electron chi connectivity index (χ2n) is 8.54. The van der Waals surface area contributed by atoms with E-state index in [2.05, 4.69) is 14.1 Å². The number of nitrogens with one attached hydrogen (secondary N) is 1. The van der Waals surface area contributed by atoms with Gasteiger partial charge in [-0.1, -0.05) is 12.1 Å². The van der Waals surface area contributed by atoms with E-state index in [1.807, 2.05) is 49.4 Å². The minimum atomic E-state index is -3.05. The lowest BCUT2D eigenvalue weighted by atomic mass is 10.1. The first-order valence-corrected chi connectivity index (χ1v) is 13.4. The fourth-order valence-electron chi connectivity index (χ4n) is 3.72. The van der Waals surface area contributed by atoms with Gasteiger partial charge in [0.25, 0.3) is 0 Å². The zero-order chi connectivity index (χ0) is 26.4. The number of aliphatic hydroxyl groups is 1. The van der Waals surface area contributed by atoms with Crippen LogP contribution in [0.3, 0.4) is 0 Å². The van der Waals surface area contributed by atoms with Crippen molar-refractivity contribution in [1.29, 1.82) is 0 Å². The lowest BCUT2D eigenvalue weighted by Gasteiger charge is -2.17. The Morgan fingerprint density at radius 1 is 0.919 bits per heavy atom. The Morgan fingerprint density at radius 3 is 2.22 bits per heavy atom. The maximum atomic E-state index is 14.0. The molecule has 3 atom stereocenters. The Kier molecular flexibility index (Phi) is 8.27. The number of nitrogens with zero attached hydrogens (tertiary/aromatic N) is 2. The summed E-state index contributed by atoms with van der Waals surface area (Å²) in [6.07, 6.45) is 0.992. The van der Waals surface area contributed by atoms with Crippen molar-refractivity contribution in [2.45, 2.75) is 30.9 Å². The molecule has 0 bridgehead atoms. The van der Waals surface area contributed by atoms with Crippen molar-refractivity contribution < 1.29 is 23.5 Å². The Labute approximate surface area is 217 Å². The number of fused-ring (bicyclic) bond motifs is 1. The van der Waals surface area contributed by atoms with Crippen LogP contribution in [0.4, 0.5) is 0 Å². The van der Waals surface area contributed by atoms with Crippen molar-refractivity contribution >= 4 is 20.8 Å². The molecule has 194 valence electrons. The molecule has 0 radical (unpaired) electrons. The molecule has 0 saturated carbocycles. The third-order valence-corrected chi connectivity index (χ3v) is 7.84. The van der Waals surface area contributed by atoms with Gasteiger partial charge in [-0.15, -0.1) is 0 Å². The fraction of sp³-hybridized carbons (Fsp3) is 0.250. The molecule has 0 saturated heterocycles. The summed E-state index contributed by atoms with van der Waals surface area (Å²) in [7, 11) is 0.167. The summed E-state index contributed by atoms with van der Waals surface area (Å²) in [6, 6.07) is 21.5. The van der Waals surface area contributed by atoms with Gasteiger partial charge in [0.05, 0.1) is 36.8 Å². The van der Waals surface area contributed by atoms with Gasteiger partial charge in [-0.25, -0.2) is 13.3 Å². The molecular formula is C28H31N3O5S. The molecule has 0 aliphatic carbocycles. The molecule has 0 spiro atoms. The summed E-state index contributed by atoms with van der Waals surface area (Å²) in [6.45, 7) is 3.64. The predicted octanol–water partition coefficient (Wildman–Crippen LogP) is 5.52. The highest BCUT2D eigenvalue weighted by Gasteiger charge is 2.17. The van der Waals surface area contributed by atoms with Gasteiger partial charge in [-0.05, 0) is 74.0 Å². The van der Waals surface area contributed by atoms with E-state index in [1.165, 1.54) is 0 Å². The van der Waals surface area contributed by atoms with Gasteiger partial charge in [-0.3, -0.25) is 4.98 Å². The van der Waals surface area contributed by atoms with Crippen LogP contribution in [0.2, 0.25) is 0 Å². The first-order valence-electron chi connectivity index (χ1n) is 11.8. The number of ether oxygens (including phenoxy) is 3.